The monoisotopic (exact) mass is 92.0 g/mol. The van der Waals surface area contributed by atoms with E-state index in [1.165, 1.54) is 0 Å². The molecule has 0 atom stereocenters. The molecule has 0 aromatic carbocycles. The summed E-state index contributed by atoms with van der Waals surface area (Å²) < 4.78 is 0. The smallest absolute Gasteiger partial charge is 0.111 e. The van der Waals surface area contributed by atoms with Crippen molar-refractivity contribution in [3.63, 3.8) is 0 Å². The summed E-state index contributed by atoms with van der Waals surface area (Å²) in [6, 6.07) is 0. The van der Waals surface area contributed by atoms with E-state index in [-0.39, 0.29) is 11.7 Å². The molecule has 0 amide bonds. The molecule has 3 N–H and O–H groups in total. The predicted molar refractivity (Wildman–Crippen MR) is 22.6 cm³/mol. The third-order valence-corrected chi connectivity index (χ3v) is 0.334. The van der Waals surface area contributed by atoms with Crippen LogP contribution in [-0.4, -0.2) is 11.7 Å². The van der Waals surface area contributed by atoms with Crippen molar-refractivity contribution in [2.24, 2.45) is 5.73 Å². The van der Waals surface area contributed by atoms with Gasteiger partial charge in [-0.2, -0.15) is 0 Å². The normalized spacial score (nSPS) is 7.60. The number of halogens is 1. The zero-order valence-electron chi connectivity index (χ0n) is 2.66. The Hall–Kier alpha value is -0.0800. The average molecular weight is 92.5 g/mol. The van der Waals surface area contributed by atoms with Crippen LogP contribution < -0.4 is 5.73 Å². The molecule has 0 saturated carbocycles. The Morgan fingerprint density at radius 1 is 2.00 bits per heavy atom. The Labute approximate surface area is 35.4 Å². The van der Waals surface area contributed by atoms with Gasteiger partial charge in [0.2, 0.25) is 0 Å². The van der Waals surface area contributed by atoms with E-state index in [1.54, 1.807) is 0 Å². The van der Waals surface area contributed by atoms with Gasteiger partial charge in [-0.25, -0.2) is 0 Å². The highest BCUT2D eigenvalue weighted by atomic mass is 35.5. The van der Waals surface area contributed by atoms with Crippen molar-refractivity contribution in [1.82, 2.24) is 0 Å². The standard InChI is InChI=1S/C2H5ClN2/c3-2(5)1-4/h5H,1,4H2. The number of nitrogens with two attached hydrogens (primary N) is 1. The molecule has 30 valence electrons. The summed E-state index contributed by atoms with van der Waals surface area (Å²) in [6.45, 7) is 0.154. The van der Waals surface area contributed by atoms with Crippen LogP contribution in [0.15, 0.2) is 0 Å². The predicted octanol–water partition coefficient (Wildman–Crippen LogP) is 0.161. The Bertz CT molecular complexity index is 42.9. The number of hydrogen-bond acceptors (Lipinski definition) is 2. The van der Waals surface area contributed by atoms with Gasteiger partial charge >= 0.3 is 0 Å². The first kappa shape index (κ1) is 4.92. The van der Waals surface area contributed by atoms with E-state index in [0.717, 1.165) is 0 Å². The Balaban J connectivity index is 2.85. The largest absolute Gasteiger partial charge is 0.324 e. The molecule has 0 aromatic heterocycles. The van der Waals surface area contributed by atoms with Gasteiger partial charge in [-0.15, -0.1) is 0 Å². The van der Waals surface area contributed by atoms with Crippen molar-refractivity contribution in [2.45, 2.75) is 0 Å². The summed E-state index contributed by atoms with van der Waals surface area (Å²) in [5.74, 6) is 0. The molecule has 0 aromatic rings. The third-order valence-electron chi connectivity index (χ3n) is 0.179. The van der Waals surface area contributed by atoms with Gasteiger partial charge in [-0.05, 0) is 0 Å². The summed E-state index contributed by atoms with van der Waals surface area (Å²) >= 11 is 4.92. The fraction of sp³-hybridized carbons (Fsp3) is 0.500. The minimum Gasteiger partial charge on any atom is -0.324 e. The summed E-state index contributed by atoms with van der Waals surface area (Å²) in [5, 5.41) is 6.39. The number of rotatable bonds is 1. The van der Waals surface area contributed by atoms with E-state index < -0.39 is 0 Å². The molecule has 0 aliphatic rings. The fourth-order valence-electron chi connectivity index (χ4n) is 0. The lowest BCUT2D eigenvalue weighted by atomic mass is 10.8. The molecule has 0 aliphatic heterocycles. The van der Waals surface area contributed by atoms with Crippen LogP contribution in [0.5, 0.6) is 0 Å². The summed E-state index contributed by atoms with van der Waals surface area (Å²) in [7, 11) is 0. The van der Waals surface area contributed by atoms with Crippen LogP contribution in [0.2, 0.25) is 0 Å². The van der Waals surface area contributed by atoms with Crippen LogP contribution in [0.1, 0.15) is 0 Å². The SMILES string of the molecule is N=C(Cl)CN. The first-order valence-electron chi connectivity index (χ1n) is 1.20. The van der Waals surface area contributed by atoms with Gasteiger partial charge in [-0.1, -0.05) is 11.6 Å². The zero-order valence-corrected chi connectivity index (χ0v) is 3.42. The second-order valence-corrected chi connectivity index (χ2v) is 1.07. The minimum absolute atomic E-state index is 0.00463. The van der Waals surface area contributed by atoms with Crippen molar-refractivity contribution in [2.75, 3.05) is 6.54 Å². The van der Waals surface area contributed by atoms with E-state index in [2.05, 4.69) is 0 Å². The molecule has 0 spiro atoms. The highest BCUT2D eigenvalue weighted by Crippen LogP contribution is 1.69. The molecule has 0 unspecified atom stereocenters. The molecule has 0 bridgehead atoms. The molecular weight excluding hydrogens is 87.5 g/mol. The molecular formula is C2H5ClN2. The molecule has 0 heterocycles. The molecule has 5 heavy (non-hydrogen) atoms. The van der Waals surface area contributed by atoms with Crippen molar-refractivity contribution in [3.05, 3.63) is 0 Å². The zero-order chi connectivity index (χ0) is 4.28. The van der Waals surface area contributed by atoms with Gasteiger partial charge < -0.3 is 5.73 Å². The Morgan fingerprint density at radius 2 is 2.20 bits per heavy atom. The highest BCUT2D eigenvalue weighted by Gasteiger charge is 1.74. The maximum Gasteiger partial charge on any atom is 0.111 e. The van der Waals surface area contributed by atoms with Crippen LogP contribution in [0.4, 0.5) is 0 Å². The molecule has 0 saturated heterocycles. The van der Waals surface area contributed by atoms with E-state index >= 15 is 0 Å². The minimum atomic E-state index is 0.00463. The quantitative estimate of drug-likeness (QED) is 0.445. The summed E-state index contributed by atoms with van der Waals surface area (Å²) in [5.41, 5.74) is 4.81. The summed E-state index contributed by atoms with van der Waals surface area (Å²) in [4.78, 5) is 0. The fourth-order valence-corrected chi connectivity index (χ4v) is 0. The van der Waals surface area contributed by atoms with Gasteiger partial charge in [0.25, 0.3) is 0 Å². The molecule has 0 rings (SSSR count). The van der Waals surface area contributed by atoms with Gasteiger partial charge in [0, 0.05) is 6.54 Å². The van der Waals surface area contributed by atoms with E-state index in [1.807, 2.05) is 0 Å². The van der Waals surface area contributed by atoms with Crippen LogP contribution in [-0.2, 0) is 0 Å². The van der Waals surface area contributed by atoms with Crippen LogP contribution in [0.25, 0.3) is 0 Å². The van der Waals surface area contributed by atoms with Crippen molar-refractivity contribution in [1.29, 1.82) is 5.41 Å². The van der Waals surface area contributed by atoms with E-state index in [0.29, 0.717) is 0 Å². The maximum atomic E-state index is 6.38. The topological polar surface area (TPSA) is 49.9 Å². The second kappa shape index (κ2) is 2.18. The molecule has 0 aliphatic carbocycles. The molecule has 0 fully saturated rings. The average Bonchev–Trinajstić information content (AvgIpc) is 1.38. The first-order valence-corrected chi connectivity index (χ1v) is 1.58. The molecule has 3 heteroatoms. The van der Waals surface area contributed by atoms with Gasteiger partial charge in [0.05, 0.1) is 0 Å². The van der Waals surface area contributed by atoms with Crippen molar-refractivity contribution >= 4 is 16.8 Å². The maximum absolute atomic E-state index is 6.38. The van der Waals surface area contributed by atoms with Gasteiger partial charge in [0.15, 0.2) is 0 Å². The van der Waals surface area contributed by atoms with Gasteiger partial charge in [0.1, 0.15) is 5.17 Å². The number of hydrogen-bond donors (Lipinski definition) is 2. The van der Waals surface area contributed by atoms with Crippen molar-refractivity contribution < 1.29 is 0 Å². The van der Waals surface area contributed by atoms with E-state index in [9.17, 15) is 0 Å². The Kier molecular flexibility index (Phi) is 2.14. The first-order chi connectivity index (χ1) is 2.27. The van der Waals surface area contributed by atoms with Crippen LogP contribution in [0.3, 0.4) is 0 Å². The second-order valence-electron chi connectivity index (χ2n) is 0.609. The Morgan fingerprint density at radius 3 is 2.20 bits per heavy atom. The lowest BCUT2D eigenvalue weighted by Crippen LogP contribution is -2.04. The third kappa shape index (κ3) is 3.92. The number of nitrogens with one attached hydrogen (secondary N) is 1. The lowest BCUT2D eigenvalue weighted by Gasteiger charge is -1.75. The van der Waals surface area contributed by atoms with Crippen LogP contribution in [0, 0.1) is 5.41 Å². The van der Waals surface area contributed by atoms with E-state index in [4.69, 9.17) is 22.7 Å². The van der Waals surface area contributed by atoms with Crippen LogP contribution >= 0.6 is 11.6 Å². The molecule has 0 radical (unpaired) electrons. The van der Waals surface area contributed by atoms with Gasteiger partial charge in [-0.3, -0.25) is 5.41 Å². The lowest BCUT2D eigenvalue weighted by molar-refractivity contribution is 1.30. The van der Waals surface area contributed by atoms with Crippen molar-refractivity contribution in [3.8, 4) is 0 Å². The summed E-state index contributed by atoms with van der Waals surface area (Å²) in [6.07, 6.45) is 0. The highest BCUT2D eigenvalue weighted by molar-refractivity contribution is 6.65. The molecule has 2 nitrogen and oxygen atoms in total.